The molecule has 2 aliphatic carbocycles. The van der Waals surface area contributed by atoms with E-state index in [0.29, 0.717) is 19.6 Å². The summed E-state index contributed by atoms with van der Waals surface area (Å²) in [6.07, 6.45) is 11.1. The van der Waals surface area contributed by atoms with Crippen LogP contribution in [0.2, 0.25) is 0 Å². The third kappa shape index (κ3) is 3.90. The summed E-state index contributed by atoms with van der Waals surface area (Å²) in [6, 6.07) is 3.90. The van der Waals surface area contributed by atoms with E-state index in [2.05, 4.69) is 10.3 Å². The summed E-state index contributed by atoms with van der Waals surface area (Å²) in [5.74, 6) is -0.200. The third-order valence-corrected chi connectivity index (χ3v) is 8.84. The van der Waals surface area contributed by atoms with E-state index in [1.807, 2.05) is 18.3 Å². The van der Waals surface area contributed by atoms with Gasteiger partial charge in [0, 0.05) is 32.0 Å². The van der Waals surface area contributed by atoms with Gasteiger partial charge in [-0.05, 0) is 49.1 Å². The molecule has 2 heterocycles. The standard InChI is InChI=1S/C20H29N3O3S/c24-19(22-12-8-16-5-4-11-21-13-16)18-14-23(27(25,26)17-6-7-17)15-20(18)9-2-1-3-10-20/h4-5,11,13,17-18H,1-3,6-10,12,14-15H2,(H,22,24). The Labute approximate surface area is 161 Å². The van der Waals surface area contributed by atoms with Crippen molar-refractivity contribution in [2.75, 3.05) is 19.6 Å². The van der Waals surface area contributed by atoms with Gasteiger partial charge in [0.2, 0.25) is 15.9 Å². The number of hydrogen-bond donors (Lipinski definition) is 1. The Hall–Kier alpha value is -1.47. The Balaban J connectivity index is 1.44. The Morgan fingerprint density at radius 3 is 2.70 bits per heavy atom. The maximum atomic E-state index is 13.0. The molecule has 27 heavy (non-hydrogen) atoms. The van der Waals surface area contributed by atoms with Crippen LogP contribution in [0.3, 0.4) is 0 Å². The minimum atomic E-state index is -3.23. The molecule has 2 saturated carbocycles. The fraction of sp³-hybridized carbons (Fsp3) is 0.700. The van der Waals surface area contributed by atoms with Crippen molar-refractivity contribution in [1.82, 2.24) is 14.6 Å². The molecule has 0 aromatic carbocycles. The van der Waals surface area contributed by atoms with Crippen LogP contribution in [0.5, 0.6) is 0 Å². The summed E-state index contributed by atoms with van der Waals surface area (Å²) in [5.41, 5.74) is 0.924. The van der Waals surface area contributed by atoms with Crippen LogP contribution in [-0.4, -0.2) is 48.5 Å². The molecule has 1 aliphatic heterocycles. The largest absolute Gasteiger partial charge is 0.355 e. The highest BCUT2D eigenvalue weighted by Crippen LogP contribution is 2.49. The smallest absolute Gasteiger partial charge is 0.225 e. The van der Waals surface area contributed by atoms with E-state index in [0.717, 1.165) is 50.5 Å². The van der Waals surface area contributed by atoms with Crippen LogP contribution >= 0.6 is 0 Å². The van der Waals surface area contributed by atoms with Gasteiger partial charge >= 0.3 is 0 Å². The zero-order valence-corrected chi connectivity index (χ0v) is 16.6. The number of sulfonamides is 1. The van der Waals surface area contributed by atoms with Crippen LogP contribution in [0.25, 0.3) is 0 Å². The molecule has 1 atom stereocenters. The van der Waals surface area contributed by atoms with Crippen molar-refractivity contribution in [3.8, 4) is 0 Å². The summed E-state index contributed by atoms with van der Waals surface area (Å²) in [6.45, 7) is 1.45. The average Bonchev–Trinajstić information content (AvgIpc) is 3.47. The van der Waals surface area contributed by atoms with E-state index in [4.69, 9.17) is 0 Å². The van der Waals surface area contributed by atoms with Gasteiger partial charge in [-0.15, -0.1) is 0 Å². The quantitative estimate of drug-likeness (QED) is 0.806. The number of nitrogens with one attached hydrogen (secondary N) is 1. The number of hydrogen-bond acceptors (Lipinski definition) is 4. The van der Waals surface area contributed by atoms with Crippen molar-refractivity contribution in [2.45, 2.75) is 56.6 Å². The monoisotopic (exact) mass is 391 g/mol. The first-order valence-corrected chi connectivity index (χ1v) is 11.7. The second-order valence-corrected chi connectivity index (χ2v) is 10.6. The number of pyridine rings is 1. The van der Waals surface area contributed by atoms with Crippen LogP contribution in [0.4, 0.5) is 0 Å². The molecule has 148 valence electrons. The molecule has 1 aromatic rings. The fourth-order valence-electron chi connectivity index (χ4n) is 4.82. The highest BCUT2D eigenvalue weighted by molar-refractivity contribution is 7.90. The Morgan fingerprint density at radius 1 is 1.26 bits per heavy atom. The van der Waals surface area contributed by atoms with Crippen LogP contribution in [0, 0.1) is 11.3 Å². The van der Waals surface area contributed by atoms with Crippen molar-refractivity contribution < 1.29 is 13.2 Å². The minimum Gasteiger partial charge on any atom is -0.355 e. The number of rotatable bonds is 6. The molecule has 6 nitrogen and oxygen atoms in total. The molecule has 1 aromatic heterocycles. The van der Waals surface area contributed by atoms with Crippen molar-refractivity contribution in [1.29, 1.82) is 0 Å². The summed E-state index contributed by atoms with van der Waals surface area (Å²) in [4.78, 5) is 17.1. The lowest BCUT2D eigenvalue weighted by molar-refractivity contribution is -0.128. The third-order valence-electron chi connectivity index (χ3n) is 6.52. The van der Waals surface area contributed by atoms with Crippen molar-refractivity contribution in [2.24, 2.45) is 11.3 Å². The van der Waals surface area contributed by atoms with Crippen LogP contribution in [0.1, 0.15) is 50.5 Å². The summed E-state index contributed by atoms with van der Waals surface area (Å²) >= 11 is 0. The zero-order valence-electron chi connectivity index (χ0n) is 15.8. The molecule has 0 bridgehead atoms. The van der Waals surface area contributed by atoms with Crippen LogP contribution < -0.4 is 5.32 Å². The molecule has 1 spiro atoms. The number of nitrogens with zero attached hydrogens (tertiary/aromatic N) is 2. The Bertz CT molecular complexity index is 771. The van der Waals surface area contributed by atoms with Gasteiger partial charge < -0.3 is 5.32 Å². The van der Waals surface area contributed by atoms with Gasteiger partial charge in [0.25, 0.3) is 0 Å². The average molecular weight is 392 g/mol. The van der Waals surface area contributed by atoms with Gasteiger partial charge in [-0.1, -0.05) is 25.3 Å². The molecule has 0 radical (unpaired) electrons. The van der Waals surface area contributed by atoms with E-state index in [9.17, 15) is 13.2 Å². The first-order valence-electron chi connectivity index (χ1n) is 10.2. The minimum absolute atomic E-state index is 0.0225. The molecule has 1 N–H and O–H groups in total. The first kappa shape index (κ1) is 18.9. The lowest BCUT2D eigenvalue weighted by atomic mass is 9.67. The lowest BCUT2D eigenvalue weighted by Gasteiger charge is -2.37. The first-order chi connectivity index (χ1) is 13.0. The molecule has 3 aliphatic rings. The van der Waals surface area contributed by atoms with Gasteiger partial charge in [0.1, 0.15) is 0 Å². The molecule has 3 fully saturated rings. The Kier molecular flexibility index (Phi) is 5.25. The molecular weight excluding hydrogens is 362 g/mol. The van der Waals surface area contributed by atoms with Gasteiger partial charge in [-0.2, -0.15) is 0 Å². The molecule has 1 unspecified atom stereocenters. The topological polar surface area (TPSA) is 79.4 Å². The van der Waals surface area contributed by atoms with Gasteiger partial charge in [0.05, 0.1) is 11.2 Å². The van der Waals surface area contributed by atoms with Crippen molar-refractivity contribution >= 4 is 15.9 Å². The van der Waals surface area contributed by atoms with Gasteiger partial charge in [-0.3, -0.25) is 9.78 Å². The second-order valence-electron chi connectivity index (χ2n) is 8.41. The highest BCUT2D eigenvalue weighted by atomic mass is 32.2. The Morgan fingerprint density at radius 2 is 2.04 bits per heavy atom. The van der Waals surface area contributed by atoms with Crippen LogP contribution in [0.15, 0.2) is 24.5 Å². The predicted octanol–water partition coefficient (Wildman–Crippen LogP) is 2.11. The van der Waals surface area contributed by atoms with Gasteiger partial charge in [-0.25, -0.2) is 12.7 Å². The normalized spacial score (nSPS) is 25.6. The highest BCUT2D eigenvalue weighted by Gasteiger charge is 2.54. The lowest BCUT2D eigenvalue weighted by Crippen LogP contribution is -2.43. The van der Waals surface area contributed by atoms with Crippen molar-refractivity contribution in [3.05, 3.63) is 30.1 Å². The SMILES string of the molecule is O=C(NCCc1cccnc1)C1CN(S(=O)(=O)C2CC2)CC12CCCCC2. The molecule has 4 rings (SSSR count). The maximum Gasteiger partial charge on any atom is 0.225 e. The van der Waals surface area contributed by atoms with E-state index in [1.54, 1.807) is 10.5 Å². The number of carbonyl (C=O) groups is 1. The molecule has 7 heteroatoms. The fourth-order valence-corrected chi connectivity index (χ4v) is 6.76. The summed E-state index contributed by atoms with van der Waals surface area (Å²) in [5, 5.41) is 2.87. The van der Waals surface area contributed by atoms with E-state index in [-0.39, 0.29) is 22.5 Å². The number of amides is 1. The number of aromatic nitrogens is 1. The number of carbonyl (C=O) groups excluding carboxylic acids is 1. The van der Waals surface area contributed by atoms with Crippen LogP contribution in [-0.2, 0) is 21.2 Å². The van der Waals surface area contributed by atoms with E-state index >= 15 is 0 Å². The summed E-state index contributed by atoms with van der Waals surface area (Å²) in [7, 11) is -3.23. The zero-order chi connectivity index (χ0) is 18.9. The molecular formula is C20H29N3O3S. The van der Waals surface area contributed by atoms with E-state index < -0.39 is 10.0 Å². The predicted molar refractivity (Wildman–Crippen MR) is 103 cm³/mol. The maximum absolute atomic E-state index is 13.0. The van der Waals surface area contributed by atoms with E-state index in [1.165, 1.54) is 6.42 Å². The van der Waals surface area contributed by atoms with Crippen molar-refractivity contribution in [3.63, 3.8) is 0 Å². The second kappa shape index (κ2) is 7.51. The van der Waals surface area contributed by atoms with Gasteiger partial charge in [0.15, 0.2) is 0 Å². The molecule has 1 amide bonds. The molecule has 1 saturated heterocycles. The summed E-state index contributed by atoms with van der Waals surface area (Å²) < 4.78 is 27.2.